The standard InChI is InChI=1S/C29H42N6O5/c36-16-22-24(37)25(38)29(40-22)35-18-34-23-26(32-17-33-27(23)35)30-13-7-5-3-1-2-4-6-8-14-31-28(39)21-15-19-9-11-20(21)12-10-19/h9,11,15,17-20,22,24-25,29,36-38H,1-8,10,12-14,16H2,(H,31,39)(H,30,32,33)/t19?,20?,22-,24-,25-,29-/m1/s1. The lowest BCUT2D eigenvalue weighted by Gasteiger charge is -2.29. The average Bonchev–Trinajstić information content (AvgIpc) is 3.54. The summed E-state index contributed by atoms with van der Waals surface area (Å²) in [5, 5.41) is 36.2. The van der Waals surface area contributed by atoms with Crippen LogP contribution in [0.4, 0.5) is 5.82 Å². The van der Waals surface area contributed by atoms with E-state index in [-0.39, 0.29) is 12.5 Å². The van der Waals surface area contributed by atoms with Crippen molar-refractivity contribution >= 4 is 22.9 Å². The first-order chi connectivity index (χ1) is 19.6. The van der Waals surface area contributed by atoms with E-state index >= 15 is 0 Å². The molecule has 218 valence electrons. The number of unbranched alkanes of at least 4 members (excludes halogenated alkanes) is 7. The van der Waals surface area contributed by atoms with E-state index in [2.05, 4.69) is 43.8 Å². The van der Waals surface area contributed by atoms with Crippen molar-refractivity contribution in [1.82, 2.24) is 24.8 Å². The molecule has 1 amide bonds. The number of anilines is 1. The fraction of sp³-hybridized carbons (Fsp3) is 0.655. The number of nitrogens with one attached hydrogen (secondary N) is 2. The quantitative estimate of drug-likeness (QED) is 0.165. The van der Waals surface area contributed by atoms with Crippen molar-refractivity contribution in [3.05, 3.63) is 36.5 Å². The molecule has 3 heterocycles. The Morgan fingerprint density at radius 1 is 0.950 bits per heavy atom. The van der Waals surface area contributed by atoms with Gasteiger partial charge >= 0.3 is 0 Å². The molecule has 1 aliphatic heterocycles. The predicted octanol–water partition coefficient (Wildman–Crippen LogP) is 2.61. The molecule has 11 heteroatoms. The highest BCUT2D eigenvalue weighted by atomic mass is 16.6. The van der Waals surface area contributed by atoms with E-state index in [1.807, 2.05) is 0 Å². The zero-order valence-electron chi connectivity index (χ0n) is 23.0. The number of imidazole rings is 1. The highest BCUT2D eigenvalue weighted by Gasteiger charge is 2.44. The molecule has 2 aromatic heterocycles. The molecular weight excluding hydrogens is 512 g/mol. The normalized spacial score (nSPS) is 27.3. The number of aliphatic hydroxyl groups is 3. The van der Waals surface area contributed by atoms with Gasteiger partial charge in [0, 0.05) is 24.6 Å². The molecule has 0 radical (unpaired) electrons. The number of aromatic nitrogens is 4. The van der Waals surface area contributed by atoms with Gasteiger partial charge in [-0.1, -0.05) is 56.8 Å². The number of fused-ring (bicyclic) bond motifs is 2. The van der Waals surface area contributed by atoms with E-state index in [4.69, 9.17) is 4.74 Å². The SMILES string of the molecule is O=C(NCCCCCCCCCCNc1ncnc2c1ncn2[C@@H]1O[C@H](CO)[C@@H](O)[C@H]1O)C1=CC2C=CC1CC2. The zero-order chi connectivity index (χ0) is 27.9. The summed E-state index contributed by atoms with van der Waals surface area (Å²) in [6, 6.07) is 0. The molecule has 0 spiro atoms. The average molecular weight is 555 g/mol. The Morgan fingerprint density at radius 3 is 2.35 bits per heavy atom. The Morgan fingerprint density at radius 2 is 1.70 bits per heavy atom. The van der Waals surface area contributed by atoms with Crippen LogP contribution in [0.2, 0.25) is 0 Å². The number of aliphatic hydroxyl groups excluding tert-OH is 3. The summed E-state index contributed by atoms with van der Waals surface area (Å²) in [7, 11) is 0. The van der Waals surface area contributed by atoms with Crippen LogP contribution in [0.15, 0.2) is 36.5 Å². The maximum absolute atomic E-state index is 12.4. The second-order valence-corrected chi connectivity index (χ2v) is 11.1. The molecule has 11 nitrogen and oxygen atoms in total. The lowest BCUT2D eigenvalue weighted by molar-refractivity contribution is -0.118. The molecule has 0 saturated carbocycles. The molecule has 2 unspecified atom stereocenters. The number of carbonyl (C=O) groups is 1. The summed E-state index contributed by atoms with van der Waals surface area (Å²) >= 11 is 0. The number of allylic oxidation sites excluding steroid dienone is 3. The summed E-state index contributed by atoms with van der Waals surface area (Å²) < 4.78 is 7.18. The summed E-state index contributed by atoms with van der Waals surface area (Å²) in [4.78, 5) is 25.4. The second kappa shape index (κ2) is 13.7. The first kappa shape index (κ1) is 28.7. The van der Waals surface area contributed by atoms with Crippen LogP contribution in [-0.2, 0) is 9.53 Å². The number of carbonyl (C=O) groups excluding carboxylic acids is 1. The van der Waals surface area contributed by atoms with Crippen LogP contribution >= 0.6 is 0 Å². The smallest absolute Gasteiger partial charge is 0.247 e. The van der Waals surface area contributed by atoms with Gasteiger partial charge in [0.1, 0.15) is 24.6 Å². The van der Waals surface area contributed by atoms with Crippen molar-refractivity contribution in [2.24, 2.45) is 11.8 Å². The summed E-state index contributed by atoms with van der Waals surface area (Å²) in [5.74, 6) is 1.53. The molecule has 3 aliphatic carbocycles. The number of hydrogen-bond acceptors (Lipinski definition) is 9. The Hall–Kier alpha value is -2.86. The van der Waals surface area contributed by atoms with Crippen LogP contribution in [0.1, 0.15) is 70.4 Å². The van der Waals surface area contributed by atoms with Crippen LogP contribution in [0.3, 0.4) is 0 Å². The Kier molecular flexibility index (Phi) is 9.79. The molecule has 5 N–H and O–H groups in total. The molecule has 1 saturated heterocycles. The number of hydrogen-bond donors (Lipinski definition) is 5. The lowest BCUT2D eigenvalue weighted by atomic mass is 9.76. The van der Waals surface area contributed by atoms with Gasteiger partial charge in [-0.05, 0) is 31.6 Å². The Bertz CT molecular complexity index is 1200. The third kappa shape index (κ3) is 6.54. The first-order valence-electron chi connectivity index (χ1n) is 14.8. The zero-order valence-corrected chi connectivity index (χ0v) is 23.0. The van der Waals surface area contributed by atoms with E-state index in [1.165, 1.54) is 44.8 Å². The first-order valence-corrected chi connectivity index (χ1v) is 14.8. The minimum absolute atomic E-state index is 0.126. The topological polar surface area (TPSA) is 155 Å². The molecule has 0 aromatic carbocycles. The molecule has 40 heavy (non-hydrogen) atoms. The van der Waals surface area contributed by atoms with Gasteiger partial charge in [0.25, 0.3) is 0 Å². The summed E-state index contributed by atoms with van der Waals surface area (Å²) in [6.07, 6.45) is 16.8. The molecule has 4 aliphatic rings. The minimum Gasteiger partial charge on any atom is -0.394 e. The van der Waals surface area contributed by atoms with E-state index in [0.717, 1.165) is 50.8 Å². The lowest BCUT2D eigenvalue weighted by Crippen LogP contribution is -2.33. The number of nitrogens with zero attached hydrogens (tertiary/aromatic N) is 4. The fourth-order valence-corrected chi connectivity index (χ4v) is 5.94. The number of ether oxygens (including phenoxy) is 1. The maximum Gasteiger partial charge on any atom is 0.247 e. The van der Waals surface area contributed by atoms with Crippen molar-refractivity contribution in [1.29, 1.82) is 0 Å². The largest absolute Gasteiger partial charge is 0.394 e. The van der Waals surface area contributed by atoms with E-state index in [1.54, 1.807) is 4.57 Å². The van der Waals surface area contributed by atoms with Crippen molar-refractivity contribution in [2.45, 2.75) is 88.7 Å². The van der Waals surface area contributed by atoms with Crippen molar-refractivity contribution in [3.63, 3.8) is 0 Å². The van der Waals surface area contributed by atoms with Crippen LogP contribution in [0.5, 0.6) is 0 Å². The Labute approximate surface area is 234 Å². The third-order valence-corrected chi connectivity index (χ3v) is 8.29. The number of amides is 1. The Balaban J connectivity index is 0.927. The molecule has 2 aromatic rings. The third-order valence-electron chi connectivity index (χ3n) is 8.29. The minimum atomic E-state index is -1.20. The fourth-order valence-electron chi connectivity index (χ4n) is 5.94. The van der Waals surface area contributed by atoms with Gasteiger partial charge in [-0.25, -0.2) is 15.0 Å². The van der Waals surface area contributed by atoms with Gasteiger partial charge < -0.3 is 30.7 Å². The number of rotatable bonds is 15. The van der Waals surface area contributed by atoms with Crippen LogP contribution in [0.25, 0.3) is 11.2 Å². The van der Waals surface area contributed by atoms with Gasteiger partial charge in [0.15, 0.2) is 23.2 Å². The van der Waals surface area contributed by atoms with Gasteiger partial charge in [0.2, 0.25) is 5.91 Å². The van der Waals surface area contributed by atoms with Gasteiger partial charge in [-0.2, -0.15) is 0 Å². The van der Waals surface area contributed by atoms with Crippen LogP contribution in [0, 0.1) is 11.8 Å². The molecular formula is C29H42N6O5. The van der Waals surface area contributed by atoms with Crippen molar-refractivity contribution in [2.75, 3.05) is 25.0 Å². The van der Waals surface area contributed by atoms with Crippen molar-refractivity contribution in [3.8, 4) is 0 Å². The van der Waals surface area contributed by atoms with E-state index in [0.29, 0.717) is 28.8 Å². The van der Waals surface area contributed by atoms with Gasteiger partial charge in [0.05, 0.1) is 12.9 Å². The summed E-state index contributed by atoms with van der Waals surface area (Å²) in [5.41, 5.74) is 2.03. The second-order valence-electron chi connectivity index (χ2n) is 11.1. The monoisotopic (exact) mass is 554 g/mol. The molecule has 2 bridgehead atoms. The highest BCUT2D eigenvalue weighted by Crippen LogP contribution is 2.35. The highest BCUT2D eigenvalue weighted by molar-refractivity contribution is 5.94. The molecule has 6 atom stereocenters. The van der Waals surface area contributed by atoms with E-state index in [9.17, 15) is 20.1 Å². The van der Waals surface area contributed by atoms with Gasteiger partial charge in [-0.15, -0.1) is 0 Å². The summed E-state index contributed by atoms with van der Waals surface area (Å²) in [6.45, 7) is 1.14. The molecule has 1 fully saturated rings. The van der Waals surface area contributed by atoms with E-state index < -0.39 is 24.5 Å². The van der Waals surface area contributed by atoms with Crippen molar-refractivity contribution < 1.29 is 24.9 Å². The van der Waals surface area contributed by atoms with Crippen LogP contribution in [-0.4, -0.2) is 78.8 Å². The molecule has 6 rings (SSSR count). The van der Waals surface area contributed by atoms with Crippen LogP contribution < -0.4 is 10.6 Å². The van der Waals surface area contributed by atoms with Gasteiger partial charge in [-0.3, -0.25) is 9.36 Å². The maximum atomic E-state index is 12.4. The predicted molar refractivity (Wildman–Crippen MR) is 150 cm³/mol.